The Morgan fingerprint density at radius 1 is 1.05 bits per heavy atom. The molecule has 0 spiro atoms. The number of aryl methyl sites for hydroxylation is 1. The minimum absolute atomic E-state index is 0.723. The fourth-order valence-corrected chi connectivity index (χ4v) is 2.13. The van der Waals surface area contributed by atoms with Gasteiger partial charge in [0.2, 0.25) is 0 Å². The highest BCUT2D eigenvalue weighted by molar-refractivity contribution is 5.38. The molecule has 0 heterocycles. The summed E-state index contributed by atoms with van der Waals surface area (Å²) >= 11 is 0. The maximum Gasteiger partial charge on any atom is 0.122 e. The summed E-state index contributed by atoms with van der Waals surface area (Å²) in [5, 5.41) is 0. The van der Waals surface area contributed by atoms with Crippen molar-refractivity contribution in [2.45, 2.75) is 19.8 Å². The molecule has 0 aromatic heterocycles. The molecule has 0 aliphatic heterocycles. The Hall–Kier alpha value is -1.26. The van der Waals surface area contributed by atoms with Crippen molar-refractivity contribution >= 4 is 0 Å². The van der Waals surface area contributed by atoms with Gasteiger partial charge in [-0.2, -0.15) is 0 Å². The van der Waals surface area contributed by atoms with Crippen LogP contribution in [0.25, 0.3) is 0 Å². The van der Waals surface area contributed by atoms with Crippen LogP contribution in [0.2, 0.25) is 0 Å². The van der Waals surface area contributed by atoms with Crippen molar-refractivity contribution in [2.24, 2.45) is 5.73 Å². The molecule has 4 heteroatoms. The van der Waals surface area contributed by atoms with Crippen LogP contribution in [0.4, 0.5) is 0 Å². The second-order valence-corrected chi connectivity index (χ2v) is 4.55. The lowest BCUT2D eigenvalue weighted by Crippen LogP contribution is -2.30. The summed E-state index contributed by atoms with van der Waals surface area (Å²) in [6, 6.07) is 6.04. The Morgan fingerprint density at radius 3 is 2.16 bits per heavy atom. The summed E-state index contributed by atoms with van der Waals surface area (Å²) in [7, 11) is 3.36. The van der Waals surface area contributed by atoms with E-state index in [4.69, 9.17) is 15.2 Å². The molecule has 0 unspecified atom stereocenters. The topological polar surface area (TPSA) is 47.7 Å². The molecular formula is C15H26N2O2. The minimum Gasteiger partial charge on any atom is -0.497 e. The molecule has 0 saturated heterocycles. The summed E-state index contributed by atoms with van der Waals surface area (Å²) in [6.45, 7) is 5.99. The Morgan fingerprint density at radius 2 is 1.68 bits per heavy atom. The number of benzene rings is 1. The number of hydrogen-bond donors (Lipinski definition) is 1. The fourth-order valence-electron chi connectivity index (χ4n) is 2.13. The highest BCUT2D eigenvalue weighted by atomic mass is 16.5. The number of rotatable bonds is 9. The highest BCUT2D eigenvalue weighted by Gasteiger charge is 2.04. The monoisotopic (exact) mass is 266 g/mol. The van der Waals surface area contributed by atoms with E-state index in [1.807, 2.05) is 6.07 Å². The first-order valence-corrected chi connectivity index (χ1v) is 6.87. The van der Waals surface area contributed by atoms with Gasteiger partial charge < -0.3 is 20.1 Å². The molecule has 19 heavy (non-hydrogen) atoms. The largest absolute Gasteiger partial charge is 0.497 e. The van der Waals surface area contributed by atoms with Crippen LogP contribution >= 0.6 is 0 Å². The standard InChI is InChI=1S/C15H26N2O2/c1-4-17(9-7-16)8-5-6-13-10-14(18-2)12-15(11-13)19-3/h10-12H,4-9,16H2,1-3H3. The van der Waals surface area contributed by atoms with Gasteiger partial charge in [0.25, 0.3) is 0 Å². The average Bonchev–Trinajstić information content (AvgIpc) is 2.45. The van der Waals surface area contributed by atoms with Crippen LogP contribution in [0.15, 0.2) is 18.2 Å². The summed E-state index contributed by atoms with van der Waals surface area (Å²) in [5.74, 6) is 1.70. The molecule has 108 valence electrons. The lowest BCUT2D eigenvalue weighted by atomic mass is 10.1. The number of likely N-dealkylation sites (N-methyl/N-ethyl adjacent to an activating group) is 1. The number of hydrogen-bond acceptors (Lipinski definition) is 4. The maximum absolute atomic E-state index is 5.59. The first-order chi connectivity index (χ1) is 9.23. The van der Waals surface area contributed by atoms with Crippen LogP contribution in [0.3, 0.4) is 0 Å². The smallest absolute Gasteiger partial charge is 0.122 e. The zero-order valence-electron chi connectivity index (χ0n) is 12.3. The van der Waals surface area contributed by atoms with Gasteiger partial charge in [-0.25, -0.2) is 0 Å². The van der Waals surface area contributed by atoms with Gasteiger partial charge in [-0.05, 0) is 43.6 Å². The number of nitrogens with zero attached hydrogens (tertiary/aromatic N) is 1. The summed E-state index contributed by atoms with van der Waals surface area (Å²) < 4.78 is 10.6. The van der Waals surface area contributed by atoms with E-state index in [1.165, 1.54) is 5.56 Å². The molecule has 0 atom stereocenters. The van der Waals surface area contributed by atoms with Crippen LogP contribution in [0, 0.1) is 0 Å². The molecule has 1 aromatic carbocycles. The predicted octanol–water partition coefficient (Wildman–Crippen LogP) is 1.92. The van der Waals surface area contributed by atoms with E-state index in [0.717, 1.165) is 50.5 Å². The van der Waals surface area contributed by atoms with Crippen molar-refractivity contribution in [3.05, 3.63) is 23.8 Å². The molecular weight excluding hydrogens is 240 g/mol. The van der Waals surface area contributed by atoms with Gasteiger partial charge in [0.15, 0.2) is 0 Å². The molecule has 0 fully saturated rings. The number of nitrogens with two attached hydrogens (primary N) is 1. The third kappa shape index (κ3) is 5.49. The molecule has 2 N–H and O–H groups in total. The second kappa shape index (κ2) is 8.77. The van der Waals surface area contributed by atoms with E-state index in [1.54, 1.807) is 14.2 Å². The van der Waals surface area contributed by atoms with Gasteiger partial charge in [0, 0.05) is 19.2 Å². The molecule has 0 bridgehead atoms. The van der Waals surface area contributed by atoms with Crippen LogP contribution in [0.5, 0.6) is 11.5 Å². The van der Waals surface area contributed by atoms with Crippen LogP contribution in [-0.2, 0) is 6.42 Å². The van der Waals surface area contributed by atoms with Gasteiger partial charge >= 0.3 is 0 Å². The second-order valence-electron chi connectivity index (χ2n) is 4.55. The van der Waals surface area contributed by atoms with Gasteiger partial charge in [-0.3, -0.25) is 0 Å². The van der Waals surface area contributed by atoms with Gasteiger partial charge in [0.1, 0.15) is 11.5 Å². The molecule has 4 nitrogen and oxygen atoms in total. The van der Waals surface area contributed by atoms with Gasteiger partial charge in [0.05, 0.1) is 14.2 Å². The third-order valence-electron chi connectivity index (χ3n) is 3.24. The molecule has 1 aromatic rings. The zero-order valence-corrected chi connectivity index (χ0v) is 12.3. The summed E-state index contributed by atoms with van der Waals surface area (Å²) in [4.78, 5) is 2.37. The van der Waals surface area contributed by atoms with E-state index in [-0.39, 0.29) is 0 Å². The van der Waals surface area contributed by atoms with Crippen molar-refractivity contribution in [3.8, 4) is 11.5 Å². The van der Waals surface area contributed by atoms with Crippen LogP contribution in [0.1, 0.15) is 18.9 Å². The molecule has 0 amide bonds. The third-order valence-corrected chi connectivity index (χ3v) is 3.24. The van der Waals surface area contributed by atoms with Crippen LogP contribution < -0.4 is 15.2 Å². The molecule has 0 aliphatic carbocycles. The van der Waals surface area contributed by atoms with Crippen molar-refractivity contribution in [1.29, 1.82) is 0 Å². The lowest BCUT2D eigenvalue weighted by molar-refractivity contribution is 0.292. The Bertz CT molecular complexity index is 347. The highest BCUT2D eigenvalue weighted by Crippen LogP contribution is 2.23. The Labute approximate surface area is 116 Å². The molecule has 0 saturated carbocycles. The Balaban J connectivity index is 2.52. The molecule has 0 aliphatic rings. The van der Waals surface area contributed by atoms with Crippen molar-refractivity contribution in [3.63, 3.8) is 0 Å². The van der Waals surface area contributed by atoms with E-state index in [2.05, 4.69) is 24.0 Å². The minimum atomic E-state index is 0.723. The average molecular weight is 266 g/mol. The van der Waals surface area contributed by atoms with E-state index >= 15 is 0 Å². The number of ether oxygens (including phenoxy) is 2. The van der Waals surface area contributed by atoms with E-state index in [0.29, 0.717) is 0 Å². The van der Waals surface area contributed by atoms with Crippen LogP contribution in [-0.4, -0.2) is 45.3 Å². The Kier molecular flexibility index (Phi) is 7.30. The van der Waals surface area contributed by atoms with Crippen molar-refractivity contribution < 1.29 is 9.47 Å². The maximum atomic E-state index is 5.59. The summed E-state index contributed by atoms with van der Waals surface area (Å²) in [5.41, 5.74) is 6.84. The lowest BCUT2D eigenvalue weighted by Gasteiger charge is -2.19. The van der Waals surface area contributed by atoms with Crippen molar-refractivity contribution in [2.75, 3.05) is 40.4 Å². The van der Waals surface area contributed by atoms with E-state index in [9.17, 15) is 0 Å². The van der Waals surface area contributed by atoms with Crippen molar-refractivity contribution in [1.82, 2.24) is 4.90 Å². The molecule has 0 radical (unpaired) electrons. The quantitative estimate of drug-likeness (QED) is 0.742. The van der Waals surface area contributed by atoms with E-state index < -0.39 is 0 Å². The first-order valence-electron chi connectivity index (χ1n) is 6.87. The van der Waals surface area contributed by atoms with Gasteiger partial charge in [-0.1, -0.05) is 6.92 Å². The normalized spacial score (nSPS) is 10.8. The first kappa shape index (κ1) is 15.8. The predicted molar refractivity (Wildman–Crippen MR) is 79.0 cm³/mol. The summed E-state index contributed by atoms with van der Waals surface area (Å²) in [6.07, 6.45) is 2.14. The van der Waals surface area contributed by atoms with Gasteiger partial charge in [-0.15, -0.1) is 0 Å². The number of methoxy groups -OCH3 is 2. The fraction of sp³-hybridized carbons (Fsp3) is 0.600. The SMILES string of the molecule is CCN(CCN)CCCc1cc(OC)cc(OC)c1. The zero-order chi connectivity index (χ0) is 14.1. The molecule has 1 rings (SSSR count).